The van der Waals surface area contributed by atoms with Crippen molar-refractivity contribution in [2.45, 2.75) is 25.4 Å². The van der Waals surface area contributed by atoms with Gasteiger partial charge in [0.1, 0.15) is 5.76 Å². The first-order valence-electron chi connectivity index (χ1n) is 7.51. The van der Waals surface area contributed by atoms with Gasteiger partial charge < -0.3 is 19.8 Å². The monoisotopic (exact) mass is 295 g/mol. The van der Waals surface area contributed by atoms with Crippen LogP contribution in [0.4, 0.5) is 0 Å². The van der Waals surface area contributed by atoms with Gasteiger partial charge in [0.05, 0.1) is 26.0 Å². The van der Waals surface area contributed by atoms with Crippen molar-refractivity contribution in [3.05, 3.63) is 24.2 Å². The number of carbonyl (C=O) groups excluding carboxylic acids is 1. The zero-order valence-corrected chi connectivity index (χ0v) is 12.6. The van der Waals surface area contributed by atoms with Gasteiger partial charge in [0.2, 0.25) is 5.91 Å². The van der Waals surface area contributed by atoms with E-state index in [1.54, 1.807) is 13.4 Å². The fourth-order valence-corrected chi connectivity index (χ4v) is 2.54. The fourth-order valence-electron chi connectivity index (χ4n) is 2.54. The van der Waals surface area contributed by atoms with Crippen molar-refractivity contribution in [3.8, 4) is 0 Å². The Balaban J connectivity index is 1.74. The molecule has 1 fully saturated rings. The molecule has 1 aliphatic rings. The quantitative estimate of drug-likeness (QED) is 0.698. The van der Waals surface area contributed by atoms with Gasteiger partial charge in [0.15, 0.2) is 0 Å². The van der Waals surface area contributed by atoms with Crippen molar-refractivity contribution in [3.63, 3.8) is 0 Å². The normalized spacial score (nSPS) is 18.3. The highest BCUT2D eigenvalue weighted by Gasteiger charge is 2.19. The lowest BCUT2D eigenvalue weighted by Crippen LogP contribution is -2.44. The van der Waals surface area contributed by atoms with E-state index < -0.39 is 0 Å². The van der Waals surface area contributed by atoms with Crippen LogP contribution in [0.15, 0.2) is 22.8 Å². The van der Waals surface area contributed by atoms with E-state index in [1.165, 1.54) is 12.8 Å². The minimum Gasteiger partial charge on any atom is -0.467 e. The van der Waals surface area contributed by atoms with Gasteiger partial charge >= 0.3 is 0 Å². The molecule has 1 amide bonds. The molecule has 2 rings (SSSR count). The Morgan fingerprint density at radius 2 is 2.52 bits per heavy atom. The summed E-state index contributed by atoms with van der Waals surface area (Å²) in [5.41, 5.74) is 0. The summed E-state index contributed by atoms with van der Waals surface area (Å²) in [6, 6.07) is 4.16. The molecule has 1 saturated heterocycles. The highest BCUT2D eigenvalue weighted by Crippen LogP contribution is 2.07. The van der Waals surface area contributed by atoms with Gasteiger partial charge in [-0.25, -0.2) is 0 Å². The molecule has 0 radical (unpaired) electrons. The molecular weight excluding hydrogens is 270 g/mol. The Labute approximate surface area is 125 Å². The molecule has 6 nitrogen and oxygen atoms in total. The van der Waals surface area contributed by atoms with Crippen LogP contribution in [0.3, 0.4) is 0 Å². The van der Waals surface area contributed by atoms with Crippen LogP contribution >= 0.6 is 0 Å². The third-order valence-corrected chi connectivity index (χ3v) is 3.66. The van der Waals surface area contributed by atoms with Crippen molar-refractivity contribution >= 4 is 5.91 Å². The van der Waals surface area contributed by atoms with Crippen LogP contribution in [0.2, 0.25) is 0 Å². The summed E-state index contributed by atoms with van der Waals surface area (Å²) in [5, 5.41) is 6.34. The molecule has 1 atom stereocenters. The Morgan fingerprint density at radius 1 is 1.62 bits per heavy atom. The second-order valence-electron chi connectivity index (χ2n) is 5.38. The lowest BCUT2D eigenvalue weighted by Gasteiger charge is -2.24. The molecule has 2 N–H and O–H groups in total. The fraction of sp³-hybridized carbons (Fsp3) is 0.667. The Bertz CT molecular complexity index is 402. The molecule has 1 aliphatic heterocycles. The molecule has 2 heterocycles. The minimum absolute atomic E-state index is 0.0144. The Kier molecular flexibility index (Phi) is 6.72. The van der Waals surface area contributed by atoms with Gasteiger partial charge in [-0.1, -0.05) is 0 Å². The summed E-state index contributed by atoms with van der Waals surface area (Å²) in [5.74, 6) is 0.782. The minimum atomic E-state index is 0.0144. The number of hydrogen-bond donors (Lipinski definition) is 2. The van der Waals surface area contributed by atoms with E-state index in [0.717, 1.165) is 25.4 Å². The van der Waals surface area contributed by atoms with Crippen LogP contribution in [0, 0.1) is 0 Å². The van der Waals surface area contributed by atoms with Crippen molar-refractivity contribution < 1.29 is 13.9 Å². The largest absolute Gasteiger partial charge is 0.467 e. The lowest BCUT2D eigenvalue weighted by molar-refractivity contribution is -0.122. The molecule has 0 spiro atoms. The summed E-state index contributed by atoms with van der Waals surface area (Å²) in [6.45, 7) is 4.19. The summed E-state index contributed by atoms with van der Waals surface area (Å²) in [6.07, 6.45) is 4.00. The van der Waals surface area contributed by atoms with E-state index in [0.29, 0.717) is 25.7 Å². The second-order valence-corrected chi connectivity index (χ2v) is 5.38. The molecule has 1 aromatic rings. The first kappa shape index (κ1) is 16.0. The van der Waals surface area contributed by atoms with Crippen molar-refractivity contribution in [2.24, 2.45) is 0 Å². The van der Waals surface area contributed by atoms with Crippen LogP contribution < -0.4 is 10.6 Å². The summed E-state index contributed by atoms with van der Waals surface area (Å²) in [7, 11) is 1.68. The average molecular weight is 295 g/mol. The van der Waals surface area contributed by atoms with Crippen molar-refractivity contribution in [2.75, 3.05) is 39.9 Å². The van der Waals surface area contributed by atoms with Gasteiger partial charge in [-0.05, 0) is 31.5 Å². The second kappa shape index (κ2) is 8.81. The van der Waals surface area contributed by atoms with Crippen LogP contribution in [0.5, 0.6) is 0 Å². The highest BCUT2D eigenvalue weighted by atomic mass is 16.5. The van der Waals surface area contributed by atoms with E-state index >= 15 is 0 Å². The highest BCUT2D eigenvalue weighted by molar-refractivity contribution is 5.77. The van der Waals surface area contributed by atoms with Crippen molar-refractivity contribution in [1.82, 2.24) is 15.5 Å². The molecule has 1 unspecified atom stereocenters. The Hall–Kier alpha value is -1.37. The summed E-state index contributed by atoms with van der Waals surface area (Å²) in [4.78, 5) is 14.2. The number of nitrogens with one attached hydrogen (secondary N) is 2. The average Bonchev–Trinajstić information content (AvgIpc) is 3.15. The number of nitrogens with zero attached hydrogens (tertiary/aromatic N) is 1. The van der Waals surface area contributed by atoms with Crippen LogP contribution in [0.25, 0.3) is 0 Å². The Morgan fingerprint density at radius 3 is 3.19 bits per heavy atom. The van der Waals surface area contributed by atoms with Gasteiger partial charge in [-0.3, -0.25) is 9.69 Å². The molecular formula is C15H25N3O3. The number of amides is 1. The zero-order valence-electron chi connectivity index (χ0n) is 12.6. The van der Waals surface area contributed by atoms with Crippen molar-refractivity contribution in [1.29, 1.82) is 0 Å². The molecule has 0 aliphatic carbocycles. The lowest BCUT2D eigenvalue weighted by atomic mass is 10.2. The number of ether oxygens (including phenoxy) is 1. The van der Waals surface area contributed by atoms with Gasteiger partial charge in [-0.15, -0.1) is 0 Å². The smallest absolute Gasteiger partial charge is 0.234 e. The van der Waals surface area contributed by atoms with E-state index in [4.69, 9.17) is 9.15 Å². The zero-order chi connectivity index (χ0) is 14.9. The molecule has 0 bridgehead atoms. The molecule has 0 saturated carbocycles. The van der Waals surface area contributed by atoms with Crippen LogP contribution in [-0.4, -0.2) is 56.7 Å². The van der Waals surface area contributed by atoms with Gasteiger partial charge in [0.25, 0.3) is 0 Å². The molecule has 6 heteroatoms. The number of hydrogen-bond acceptors (Lipinski definition) is 5. The first-order valence-corrected chi connectivity index (χ1v) is 7.51. The van der Waals surface area contributed by atoms with E-state index in [1.807, 2.05) is 12.1 Å². The number of furan rings is 1. The maximum absolute atomic E-state index is 12.0. The predicted molar refractivity (Wildman–Crippen MR) is 79.9 cm³/mol. The molecule has 21 heavy (non-hydrogen) atoms. The number of rotatable bonds is 9. The number of methoxy groups -OCH3 is 1. The summed E-state index contributed by atoms with van der Waals surface area (Å²) >= 11 is 0. The molecule has 118 valence electrons. The van der Waals surface area contributed by atoms with Gasteiger partial charge in [0, 0.05) is 26.2 Å². The third-order valence-electron chi connectivity index (χ3n) is 3.66. The van der Waals surface area contributed by atoms with E-state index in [2.05, 4.69) is 15.5 Å². The van der Waals surface area contributed by atoms with Crippen LogP contribution in [0.1, 0.15) is 18.6 Å². The van der Waals surface area contributed by atoms with Crippen LogP contribution in [-0.2, 0) is 16.1 Å². The SMILES string of the molecule is COCCN(CC(=O)NCc1ccco1)CC1CCCN1. The maximum Gasteiger partial charge on any atom is 0.234 e. The molecule has 1 aromatic heterocycles. The topological polar surface area (TPSA) is 66.7 Å². The summed E-state index contributed by atoms with van der Waals surface area (Å²) < 4.78 is 10.3. The number of carbonyl (C=O) groups is 1. The predicted octanol–water partition coefficient (Wildman–Crippen LogP) is 0.596. The standard InChI is InChI=1S/C15H25N3O3/c1-20-9-7-18(11-13-4-2-6-16-13)12-15(19)17-10-14-5-3-8-21-14/h3,5,8,13,16H,2,4,6-7,9-12H2,1H3,(H,17,19). The molecule has 0 aromatic carbocycles. The van der Waals surface area contributed by atoms with E-state index in [-0.39, 0.29) is 5.91 Å². The third kappa shape index (κ3) is 5.87. The first-order chi connectivity index (χ1) is 10.3. The van der Waals surface area contributed by atoms with E-state index in [9.17, 15) is 4.79 Å². The van der Waals surface area contributed by atoms with Gasteiger partial charge in [-0.2, -0.15) is 0 Å². The maximum atomic E-state index is 12.0.